The van der Waals surface area contributed by atoms with E-state index in [1.54, 1.807) is 0 Å². The molecule has 76 valence electrons. The maximum Gasteiger partial charge on any atom is 0.0267 e. The SMILES string of the molecule is CCC1CC\C=C/C=C/C=C\N=C1C. The van der Waals surface area contributed by atoms with Crippen LogP contribution < -0.4 is 0 Å². The van der Waals surface area contributed by atoms with Crippen molar-refractivity contribution < 1.29 is 0 Å². The average Bonchev–Trinajstić information content (AvgIpc) is 2.24. The fourth-order valence-electron chi connectivity index (χ4n) is 1.62. The van der Waals surface area contributed by atoms with Crippen LogP contribution in [-0.2, 0) is 0 Å². The van der Waals surface area contributed by atoms with Gasteiger partial charge in [0.25, 0.3) is 0 Å². The van der Waals surface area contributed by atoms with Gasteiger partial charge in [-0.3, -0.25) is 4.99 Å². The molecule has 0 saturated carbocycles. The van der Waals surface area contributed by atoms with Gasteiger partial charge < -0.3 is 0 Å². The molecule has 0 spiro atoms. The molecule has 0 aromatic carbocycles. The molecule has 14 heavy (non-hydrogen) atoms. The molecular formula is C13H19N. The predicted molar refractivity (Wildman–Crippen MR) is 63.5 cm³/mol. The third-order valence-electron chi connectivity index (χ3n) is 2.60. The van der Waals surface area contributed by atoms with Gasteiger partial charge in [0.05, 0.1) is 0 Å². The van der Waals surface area contributed by atoms with E-state index in [2.05, 4.69) is 31.0 Å². The van der Waals surface area contributed by atoms with Crippen molar-refractivity contribution in [2.75, 3.05) is 0 Å². The van der Waals surface area contributed by atoms with E-state index in [1.807, 2.05) is 24.4 Å². The normalized spacial score (nSPS) is 29.9. The Labute approximate surface area is 86.9 Å². The molecule has 1 atom stereocenters. The first-order valence-corrected chi connectivity index (χ1v) is 5.37. The highest BCUT2D eigenvalue weighted by molar-refractivity contribution is 5.84. The Morgan fingerprint density at radius 1 is 1.29 bits per heavy atom. The molecule has 0 N–H and O–H groups in total. The lowest BCUT2D eigenvalue weighted by Crippen LogP contribution is -2.09. The zero-order valence-corrected chi connectivity index (χ0v) is 9.11. The van der Waals surface area contributed by atoms with E-state index in [1.165, 1.54) is 18.6 Å². The van der Waals surface area contributed by atoms with Gasteiger partial charge in [0.1, 0.15) is 0 Å². The van der Waals surface area contributed by atoms with Gasteiger partial charge in [0.2, 0.25) is 0 Å². The number of hydrogen-bond donors (Lipinski definition) is 0. The number of rotatable bonds is 1. The van der Waals surface area contributed by atoms with Crippen LogP contribution in [0.3, 0.4) is 0 Å². The van der Waals surface area contributed by atoms with Gasteiger partial charge >= 0.3 is 0 Å². The molecule has 1 unspecified atom stereocenters. The molecule has 0 bridgehead atoms. The van der Waals surface area contributed by atoms with Crippen LogP contribution in [-0.4, -0.2) is 5.71 Å². The van der Waals surface area contributed by atoms with Crippen molar-refractivity contribution >= 4 is 5.71 Å². The summed E-state index contributed by atoms with van der Waals surface area (Å²) < 4.78 is 0. The van der Waals surface area contributed by atoms with Crippen molar-refractivity contribution in [1.29, 1.82) is 0 Å². The number of nitrogens with zero attached hydrogens (tertiary/aromatic N) is 1. The molecule has 1 nitrogen and oxygen atoms in total. The fraction of sp³-hybridized carbons (Fsp3) is 0.462. The summed E-state index contributed by atoms with van der Waals surface area (Å²) in [6, 6.07) is 0. The van der Waals surface area contributed by atoms with Crippen molar-refractivity contribution in [3.8, 4) is 0 Å². The number of aliphatic imine (C=N–C) groups is 1. The lowest BCUT2D eigenvalue weighted by Gasteiger charge is -2.12. The molecule has 0 radical (unpaired) electrons. The molecule has 1 heterocycles. The lowest BCUT2D eigenvalue weighted by molar-refractivity contribution is 0.610. The molecule has 0 saturated heterocycles. The van der Waals surface area contributed by atoms with Crippen LogP contribution in [0, 0.1) is 5.92 Å². The molecule has 1 heteroatoms. The quantitative estimate of drug-likeness (QED) is 0.593. The smallest absolute Gasteiger partial charge is 0.0267 e. The van der Waals surface area contributed by atoms with Crippen molar-refractivity contribution in [3.63, 3.8) is 0 Å². The highest BCUT2D eigenvalue weighted by atomic mass is 14.7. The Bertz CT molecular complexity index is 269. The third kappa shape index (κ3) is 3.73. The summed E-state index contributed by atoms with van der Waals surface area (Å²) in [5, 5.41) is 0. The Balaban J connectivity index is 2.72. The maximum absolute atomic E-state index is 4.44. The Morgan fingerprint density at radius 3 is 2.86 bits per heavy atom. The van der Waals surface area contributed by atoms with Crippen LogP contribution in [0.15, 0.2) is 41.6 Å². The highest BCUT2D eigenvalue weighted by Gasteiger charge is 2.07. The molecule has 1 aliphatic heterocycles. The number of allylic oxidation sites excluding steroid dienone is 5. The average molecular weight is 189 g/mol. The van der Waals surface area contributed by atoms with E-state index in [0.29, 0.717) is 5.92 Å². The summed E-state index contributed by atoms with van der Waals surface area (Å²) in [5.41, 5.74) is 1.26. The zero-order chi connectivity index (χ0) is 10.2. The molecular weight excluding hydrogens is 170 g/mol. The minimum atomic E-state index is 0.641. The summed E-state index contributed by atoms with van der Waals surface area (Å²) in [4.78, 5) is 4.44. The van der Waals surface area contributed by atoms with Crippen LogP contribution in [0.2, 0.25) is 0 Å². The molecule has 0 aromatic heterocycles. The van der Waals surface area contributed by atoms with Gasteiger partial charge in [-0.05, 0) is 38.2 Å². The van der Waals surface area contributed by atoms with Crippen LogP contribution in [0.5, 0.6) is 0 Å². The summed E-state index contributed by atoms with van der Waals surface area (Å²) >= 11 is 0. The van der Waals surface area contributed by atoms with Gasteiger partial charge in [-0.1, -0.05) is 31.2 Å². The molecule has 0 amide bonds. The van der Waals surface area contributed by atoms with E-state index < -0.39 is 0 Å². The number of hydrogen-bond acceptors (Lipinski definition) is 1. The Hall–Kier alpha value is -1.11. The first-order chi connectivity index (χ1) is 6.84. The van der Waals surface area contributed by atoms with Crippen molar-refractivity contribution in [1.82, 2.24) is 0 Å². The van der Waals surface area contributed by atoms with Crippen molar-refractivity contribution in [3.05, 3.63) is 36.6 Å². The van der Waals surface area contributed by atoms with E-state index in [-0.39, 0.29) is 0 Å². The van der Waals surface area contributed by atoms with Gasteiger partial charge in [-0.15, -0.1) is 0 Å². The van der Waals surface area contributed by atoms with E-state index in [4.69, 9.17) is 0 Å². The molecule has 1 aliphatic rings. The zero-order valence-electron chi connectivity index (χ0n) is 9.11. The third-order valence-corrected chi connectivity index (χ3v) is 2.60. The topological polar surface area (TPSA) is 12.4 Å². The lowest BCUT2D eigenvalue weighted by atomic mass is 9.95. The van der Waals surface area contributed by atoms with E-state index >= 15 is 0 Å². The maximum atomic E-state index is 4.44. The van der Waals surface area contributed by atoms with E-state index in [9.17, 15) is 0 Å². The largest absolute Gasteiger partial charge is 0.266 e. The van der Waals surface area contributed by atoms with Crippen molar-refractivity contribution in [2.24, 2.45) is 10.9 Å². The summed E-state index contributed by atoms with van der Waals surface area (Å²) in [6.45, 7) is 4.36. The molecule has 0 aromatic rings. The highest BCUT2D eigenvalue weighted by Crippen LogP contribution is 2.14. The molecule has 0 aliphatic carbocycles. The fourth-order valence-corrected chi connectivity index (χ4v) is 1.62. The van der Waals surface area contributed by atoms with Gasteiger partial charge in [0.15, 0.2) is 0 Å². The second kappa shape index (κ2) is 6.36. The standard InChI is InChI=1S/C13H19N/c1-3-13-10-8-6-4-5-7-9-11-14-12(13)2/h4-7,9,11,13H,3,8,10H2,1-2H3/b6-4-,7-5+,11-9-,14-12?. The summed E-state index contributed by atoms with van der Waals surface area (Å²) in [7, 11) is 0. The minimum Gasteiger partial charge on any atom is -0.266 e. The first-order valence-electron chi connectivity index (χ1n) is 5.37. The minimum absolute atomic E-state index is 0.641. The predicted octanol–water partition coefficient (Wildman–Crippen LogP) is 3.89. The van der Waals surface area contributed by atoms with Crippen LogP contribution >= 0.6 is 0 Å². The second-order valence-corrected chi connectivity index (χ2v) is 3.61. The van der Waals surface area contributed by atoms with E-state index in [0.717, 1.165) is 6.42 Å². The van der Waals surface area contributed by atoms with Crippen LogP contribution in [0.25, 0.3) is 0 Å². The van der Waals surface area contributed by atoms with Crippen molar-refractivity contribution in [2.45, 2.75) is 33.1 Å². The van der Waals surface area contributed by atoms with Gasteiger partial charge in [-0.2, -0.15) is 0 Å². The van der Waals surface area contributed by atoms with Gasteiger partial charge in [0, 0.05) is 11.9 Å². The Morgan fingerprint density at radius 2 is 2.07 bits per heavy atom. The molecule has 1 rings (SSSR count). The summed E-state index contributed by atoms with van der Waals surface area (Å²) in [5.74, 6) is 0.641. The monoisotopic (exact) mass is 189 g/mol. The van der Waals surface area contributed by atoms with Crippen LogP contribution in [0.4, 0.5) is 0 Å². The summed E-state index contributed by atoms with van der Waals surface area (Å²) in [6.07, 6.45) is 15.8. The van der Waals surface area contributed by atoms with Crippen LogP contribution in [0.1, 0.15) is 33.1 Å². The first kappa shape index (κ1) is 11.0. The van der Waals surface area contributed by atoms with Gasteiger partial charge in [-0.25, -0.2) is 0 Å². The second-order valence-electron chi connectivity index (χ2n) is 3.61. The Kier molecular flexibility index (Phi) is 4.98. The molecule has 0 fully saturated rings.